The van der Waals surface area contributed by atoms with Crippen LogP contribution in [-0.2, 0) is 11.4 Å². The first-order valence-corrected chi connectivity index (χ1v) is 6.38. The van der Waals surface area contributed by atoms with Gasteiger partial charge in [0, 0.05) is 11.1 Å². The van der Waals surface area contributed by atoms with Gasteiger partial charge in [0.05, 0.1) is 0 Å². The van der Waals surface area contributed by atoms with Crippen LogP contribution in [0.25, 0.3) is 6.08 Å². The summed E-state index contributed by atoms with van der Waals surface area (Å²) >= 11 is 0. The second kappa shape index (κ2) is 7.33. The van der Waals surface area contributed by atoms with Crippen LogP contribution in [0.2, 0.25) is 0 Å². The first-order chi connectivity index (χ1) is 10.2. The molecule has 0 saturated heterocycles. The largest absolute Gasteiger partial charge is 0.390 e. The van der Waals surface area contributed by atoms with E-state index >= 15 is 0 Å². The Labute approximate surface area is 122 Å². The molecule has 0 saturated carbocycles. The molecule has 0 amide bonds. The minimum atomic E-state index is -2.56. The Morgan fingerprint density at radius 1 is 1.14 bits per heavy atom. The molecule has 2 aromatic carbocycles. The second-order valence-electron chi connectivity index (χ2n) is 4.27. The molecule has 21 heavy (non-hydrogen) atoms. The number of rotatable bonds is 6. The molecule has 0 aliphatic heterocycles. The fraction of sp³-hybridized carbons (Fsp3) is 0.118. The summed E-state index contributed by atoms with van der Waals surface area (Å²) in [5.41, 5.74) is 1.97. The number of hydrogen-bond donors (Lipinski definition) is 0. The molecule has 0 atom stereocenters. The van der Waals surface area contributed by atoms with Gasteiger partial charge < -0.3 is 4.84 Å². The highest BCUT2D eigenvalue weighted by molar-refractivity contribution is 5.81. The van der Waals surface area contributed by atoms with Crippen LogP contribution in [-0.4, -0.2) is 6.21 Å². The Bertz CT molecular complexity index is 638. The summed E-state index contributed by atoms with van der Waals surface area (Å²) in [4.78, 5) is 5.12. The summed E-state index contributed by atoms with van der Waals surface area (Å²) in [5, 5.41) is 3.64. The third-order valence-corrected chi connectivity index (χ3v) is 2.92. The molecule has 0 bridgehead atoms. The highest BCUT2D eigenvalue weighted by atomic mass is 19.3. The fourth-order valence-corrected chi connectivity index (χ4v) is 1.84. The molecule has 0 N–H and O–H groups in total. The van der Waals surface area contributed by atoms with Gasteiger partial charge in [-0.15, -0.1) is 0 Å². The van der Waals surface area contributed by atoms with E-state index in [0.29, 0.717) is 0 Å². The number of alkyl halides is 2. The average Bonchev–Trinajstić information content (AvgIpc) is 2.52. The molecule has 0 aromatic heterocycles. The van der Waals surface area contributed by atoms with Crippen molar-refractivity contribution in [3.63, 3.8) is 0 Å². The van der Waals surface area contributed by atoms with Gasteiger partial charge in [0.1, 0.15) is 12.8 Å². The third-order valence-electron chi connectivity index (χ3n) is 2.92. The monoisotopic (exact) mass is 286 g/mol. The first-order valence-electron chi connectivity index (χ1n) is 6.38. The SMILES string of the molecule is C=Cc1ccccc1CO/N=[C]\c1ccccc1C(F)F. The van der Waals surface area contributed by atoms with Crippen LogP contribution in [0.5, 0.6) is 0 Å². The van der Waals surface area contributed by atoms with Crippen LogP contribution in [0, 0.1) is 0 Å². The molecule has 0 aliphatic carbocycles. The maximum atomic E-state index is 12.8. The lowest BCUT2D eigenvalue weighted by atomic mass is 10.1. The van der Waals surface area contributed by atoms with Crippen LogP contribution < -0.4 is 0 Å². The van der Waals surface area contributed by atoms with Gasteiger partial charge in [0.2, 0.25) is 0 Å². The molecule has 0 fully saturated rings. The van der Waals surface area contributed by atoms with Gasteiger partial charge in [-0.1, -0.05) is 66.3 Å². The van der Waals surface area contributed by atoms with E-state index in [9.17, 15) is 8.78 Å². The van der Waals surface area contributed by atoms with E-state index in [4.69, 9.17) is 4.84 Å². The molecule has 0 aliphatic rings. The summed E-state index contributed by atoms with van der Waals surface area (Å²) in [5.74, 6) is 0. The quantitative estimate of drug-likeness (QED) is 0.557. The molecule has 2 aromatic rings. The molecule has 0 unspecified atom stereocenters. The van der Waals surface area contributed by atoms with E-state index in [2.05, 4.69) is 17.9 Å². The van der Waals surface area contributed by atoms with Gasteiger partial charge in [-0.25, -0.2) is 8.78 Å². The van der Waals surface area contributed by atoms with Crippen molar-refractivity contribution in [1.29, 1.82) is 0 Å². The number of nitrogens with zero attached hydrogens (tertiary/aromatic N) is 1. The first kappa shape index (κ1) is 14.9. The molecule has 0 heterocycles. The number of benzene rings is 2. The molecule has 2 nitrogen and oxygen atoms in total. The Hall–Kier alpha value is -2.49. The summed E-state index contributed by atoms with van der Waals surface area (Å²) in [7, 11) is 0. The smallest absolute Gasteiger partial charge is 0.264 e. The highest BCUT2D eigenvalue weighted by Gasteiger charge is 2.10. The van der Waals surface area contributed by atoms with Crippen molar-refractivity contribution >= 4 is 12.3 Å². The van der Waals surface area contributed by atoms with E-state index < -0.39 is 6.43 Å². The molecular weight excluding hydrogens is 272 g/mol. The lowest BCUT2D eigenvalue weighted by Crippen LogP contribution is -1.95. The maximum Gasteiger partial charge on any atom is 0.264 e. The predicted molar refractivity (Wildman–Crippen MR) is 79.3 cm³/mol. The zero-order valence-corrected chi connectivity index (χ0v) is 11.3. The highest BCUT2D eigenvalue weighted by Crippen LogP contribution is 2.21. The van der Waals surface area contributed by atoms with Gasteiger partial charge in [0.15, 0.2) is 0 Å². The zero-order chi connectivity index (χ0) is 15.1. The third kappa shape index (κ3) is 3.99. The van der Waals surface area contributed by atoms with Crippen LogP contribution in [0.1, 0.15) is 28.7 Å². The van der Waals surface area contributed by atoms with Crippen molar-refractivity contribution in [3.05, 3.63) is 77.4 Å². The van der Waals surface area contributed by atoms with Gasteiger partial charge in [-0.3, -0.25) is 0 Å². The minimum absolute atomic E-state index is 0.114. The van der Waals surface area contributed by atoms with Gasteiger partial charge in [-0.05, 0) is 11.1 Å². The molecule has 4 heteroatoms. The van der Waals surface area contributed by atoms with Gasteiger partial charge >= 0.3 is 0 Å². The van der Waals surface area contributed by atoms with Crippen molar-refractivity contribution in [2.24, 2.45) is 5.16 Å². The molecular formula is C17H14F2NO. The fourth-order valence-electron chi connectivity index (χ4n) is 1.84. The minimum Gasteiger partial charge on any atom is -0.390 e. The number of halogens is 2. The van der Waals surface area contributed by atoms with Crippen molar-refractivity contribution < 1.29 is 13.6 Å². The van der Waals surface area contributed by atoms with Crippen molar-refractivity contribution in [3.8, 4) is 0 Å². The van der Waals surface area contributed by atoms with E-state index in [1.165, 1.54) is 12.1 Å². The maximum absolute atomic E-state index is 12.8. The Balaban J connectivity index is 2.02. The summed E-state index contributed by atoms with van der Waals surface area (Å²) in [6, 6.07) is 13.6. The van der Waals surface area contributed by atoms with Crippen molar-refractivity contribution in [2.45, 2.75) is 13.0 Å². The normalized spacial score (nSPS) is 11.0. The molecule has 2 rings (SSSR count). The molecule has 107 valence electrons. The van der Waals surface area contributed by atoms with E-state index in [1.54, 1.807) is 18.2 Å². The predicted octanol–water partition coefficient (Wildman–Crippen LogP) is 4.69. The molecule has 0 spiro atoms. The summed E-state index contributed by atoms with van der Waals surface area (Å²) < 4.78 is 25.5. The topological polar surface area (TPSA) is 21.6 Å². The Morgan fingerprint density at radius 3 is 2.62 bits per heavy atom. The van der Waals surface area contributed by atoms with Gasteiger partial charge in [0.25, 0.3) is 6.43 Å². The van der Waals surface area contributed by atoms with Crippen LogP contribution in [0.4, 0.5) is 8.78 Å². The summed E-state index contributed by atoms with van der Waals surface area (Å²) in [6.07, 6.45) is 1.66. The Morgan fingerprint density at radius 2 is 1.86 bits per heavy atom. The Kier molecular flexibility index (Phi) is 5.21. The van der Waals surface area contributed by atoms with Crippen LogP contribution >= 0.6 is 0 Å². The van der Waals surface area contributed by atoms with Crippen LogP contribution in [0.15, 0.2) is 60.3 Å². The van der Waals surface area contributed by atoms with Crippen molar-refractivity contribution in [2.75, 3.05) is 0 Å². The zero-order valence-electron chi connectivity index (χ0n) is 11.3. The number of hydrogen-bond acceptors (Lipinski definition) is 2. The second-order valence-corrected chi connectivity index (χ2v) is 4.27. The van der Waals surface area contributed by atoms with Crippen molar-refractivity contribution in [1.82, 2.24) is 0 Å². The summed E-state index contributed by atoms with van der Waals surface area (Å²) in [6.45, 7) is 3.94. The average molecular weight is 286 g/mol. The standard InChI is InChI=1S/C17H14F2NO/c1-2-13-7-3-4-9-15(13)12-21-20-11-14-8-5-6-10-16(14)17(18)19/h2-10,17H,1,12H2. The van der Waals surface area contributed by atoms with E-state index in [-0.39, 0.29) is 17.7 Å². The molecule has 1 radical (unpaired) electrons. The van der Waals surface area contributed by atoms with E-state index in [1.807, 2.05) is 24.3 Å². The van der Waals surface area contributed by atoms with E-state index in [0.717, 1.165) is 11.1 Å². The lowest BCUT2D eigenvalue weighted by molar-refractivity contribution is 0.131. The van der Waals surface area contributed by atoms with Crippen LogP contribution in [0.3, 0.4) is 0 Å². The van der Waals surface area contributed by atoms with Gasteiger partial charge in [-0.2, -0.15) is 0 Å². The lowest BCUT2D eigenvalue weighted by Gasteiger charge is -2.05.